The summed E-state index contributed by atoms with van der Waals surface area (Å²) < 4.78 is 0. The molecule has 0 aliphatic carbocycles. The van der Waals surface area contributed by atoms with Gasteiger partial charge in [0.05, 0.1) is 11.2 Å². The van der Waals surface area contributed by atoms with Crippen LogP contribution in [0.5, 0.6) is 0 Å². The van der Waals surface area contributed by atoms with Crippen molar-refractivity contribution in [3.8, 4) is 11.4 Å². The zero-order valence-electron chi connectivity index (χ0n) is 11.4. The van der Waals surface area contributed by atoms with E-state index < -0.39 is 0 Å². The molecule has 0 aliphatic rings. The minimum atomic E-state index is 0.458. The van der Waals surface area contributed by atoms with Crippen molar-refractivity contribution < 1.29 is 0 Å². The molecule has 0 bridgehead atoms. The molecule has 0 saturated heterocycles. The molecule has 0 spiro atoms. The summed E-state index contributed by atoms with van der Waals surface area (Å²) in [6.07, 6.45) is 0.855. The number of aromatic nitrogens is 3. The lowest BCUT2D eigenvalue weighted by Crippen LogP contribution is -2.08. The molecule has 0 amide bonds. The molecule has 0 atom stereocenters. The number of anilines is 2. The van der Waals surface area contributed by atoms with Gasteiger partial charge in [0.2, 0.25) is 0 Å². The largest absolute Gasteiger partial charge is 0.384 e. The minimum Gasteiger partial charge on any atom is -0.384 e. The molecule has 1 aromatic carbocycles. The zero-order chi connectivity index (χ0) is 14.5. The monoisotopic (exact) mass is 297 g/mol. The Kier molecular flexibility index (Phi) is 4.07. The molecule has 5 nitrogen and oxygen atoms in total. The predicted molar refractivity (Wildman–Crippen MR) is 86.2 cm³/mol. The Labute approximate surface area is 126 Å². The number of nitrogens with two attached hydrogens (primary N) is 1. The molecular formula is C15H15N5S. The first kappa shape index (κ1) is 13.5. The van der Waals surface area contributed by atoms with Gasteiger partial charge in [0.1, 0.15) is 11.6 Å². The highest BCUT2D eigenvalue weighted by Crippen LogP contribution is 2.18. The van der Waals surface area contributed by atoms with E-state index in [-0.39, 0.29) is 0 Å². The van der Waals surface area contributed by atoms with E-state index in [1.54, 1.807) is 17.4 Å². The molecule has 3 rings (SSSR count). The van der Waals surface area contributed by atoms with Gasteiger partial charge in [-0.3, -0.25) is 0 Å². The van der Waals surface area contributed by atoms with E-state index in [9.17, 15) is 0 Å². The van der Waals surface area contributed by atoms with Crippen LogP contribution in [0.3, 0.4) is 0 Å². The van der Waals surface area contributed by atoms with Gasteiger partial charge in [-0.2, -0.15) is 0 Å². The summed E-state index contributed by atoms with van der Waals surface area (Å²) in [5.74, 6) is 1.82. The van der Waals surface area contributed by atoms with Crippen molar-refractivity contribution >= 4 is 23.0 Å². The lowest BCUT2D eigenvalue weighted by atomic mass is 10.2. The number of rotatable bonds is 5. The number of benzene rings is 1. The van der Waals surface area contributed by atoms with E-state index in [0.29, 0.717) is 11.6 Å². The highest BCUT2D eigenvalue weighted by atomic mass is 32.1. The van der Waals surface area contributed by atoms with E-state index >= 15 is 0 Å². The van der Waals surface area contributed by atoms with Crippen LogP contribution in [0.1, 0.15) is 5.69 Å². The smallest absolute Gasteiger partial charge is 0.163 e. The zero-order valence-corrected chi connectivity index (χ0v) is 12.2. The van der Waals surface area contributed by atoms with Crippen LogP contribution >= 0.6 is 11.3 Å². The molecule has 21 heavy (non-hydrogen) atoms. The standard InChI is InChI=1S/C15H15N5S/c16-13-8-14(17-7-6-12-9-21-10-18-12)20-15(19-13)11-4-2-1-3-5-11/h1-5,8-10H,6-7H2,(H3,16,17,19,20). The summed E-state index contributed by atoms with van der Waals surface area (Å²) in [7, 11) is 0. The fourth-order valence-corrected chi connectivity index (χ4v) is 2.55. The van der Waals surface area contributed by atoms with Crippen LogP contribution in [0.2, 0.25) is 0 Å². The molecule has 3 N–H and O–H groups in total. The fraction of sp³-hybridized carbons (Fsp3) is 0.133. The number of nitrogens with one attached hydrogen (secondary N) is 1. The second-order valence-electron chi connectivity index (χ2n) is 4.52. The molecule has 2 aromatic heterocycles. The Morgan fingerprint density at radius 1 is 1.14 bits per heavy atom. The fourth-order valence-electron chi connectivity index (χ4n) is 1.95. The lowest BCUT2D eigenvalue weighted by Gasteiger charge is -2.08. The van der Waals surface area contributed by atoms with Crippen LogP contribution in [-0.4, -0.2) is 21.5 Å². The van der Waals surface area contributed by atoms with E-state index in [1.807, 2.05) is 41.2 Å². The Morgan fingerprint density at radius 3 is 2.76 bits per heavy atom. The Bertz CT molecular complexity index is 697. The van der Waals surface area contributed by atoms with Gasteiger partial charge in [-0.1, -0.05) is 30.3 Å². The van der Waals surface area contributed by atoms with Gasteiger partial charge in [-0.15, -0.1) is 11.3 Å². The van der Waals surface area contributed by atoms with Crippen molar-refractivity contribution in [3.05, 3.63) is 53.0 Å². The van der Waals surface area contributed by atoms with Crippen molar-refractivity contribution in [2.75, 3.05) is 17.6 Å². The maximum atomic E-state index is 5.86. The van der Waals surface area contributed by atoms with Gasteiger partial charge in [0, 0.05) is 30.0 Å². The third kappa shape index (κ3) is 3.55. The van der Waals surface area contributed by atoms with Crippen molar-refractivity contribution in [2.24, 2.45) is 0 Å². The Morgan fingerprint density at radius 2 is 2.00 bits per heavy atom. The first-order valence-corrected chi connectivity index (χ1v) is 7.56. The Hall–Kier alpha value is -2.47. The average molecular weight is 297 g/mol. The van der Waals surface area contributed by atoms with Gasteiger partial charge < -0.3 is 11.1 Å². The van der Waals surface area contributed by atoms with Crippen LogP contribution in [0.4, 0.5) is 11.6 Å². The van der Waals surface area contributed by atoms with Crippen LogP contribution in [0.25, 0.3) is 11.4 Å². The first-order valence-electron chi connectivity index (χ1n) is 6.62. The summed E-state index contributed by atoms with van der Waals surface area (Å²) in [5, 5.41) is 5.31. The lowest BCUT2D eigenvalue weighted by molar-refractivity contribution is 0.966. The number of hydrogen-bond acceptors (Lipinski definition) is 6. The third-order valence-electron chi connectivity index (χ3n) is 2.95. The van der Waals surface area contributed by atoms with Gasteiger partial charge >= 0.3 is 0 Å². The summed E-state index contributed by atoms with van der Waals surface area (Å²) in [5.41, 5.74) is 9.73. The summed E-state index contributed by atoms with van der Waals surface area (Å²) in [6.45, 7) is 0.758. The molecule has 2 heterocycles. The van der Waals surface area contributed by atoms with Gasteiger partial charge in [0.25, 0.3) is 0 Å². The van der Waals surface area contributed by atoms with Crippen LogP contribution < -0.4 is 11.1 Å². The van der Waals surface area contributed by atoms with E-state index in [0.717, 1.165) is 30.0 Å². The highest BCUT2D eigenvalue weighted by molar-refractivity contribution is 7.07. The van der Waals surface area contributed by atoms with Crippen molar-refractivity contribution in [1.82, 2.24) is 15.0 Å². The molecular weight excluding hydrogens is 282 g/mol. The Balaban J connectivity index is 1.72. The summed E-state index contributed by atoms with van der Waals surface area (Å²) >= 11 is 1.60. The first-order chi connectivity index (χ1) is 10.3. The topological polar surface area (TPSA) is 76.7 Å². The second kappa shape index (κ2) is 6.32. The van der Waals surface area contributed by atoms with E-state index in [1.165, 1.54) is 0 Å². The van der Waals surface area contributed by atoms with Gasteiger partial charge in [-0.25, -0.2) is 15.0 Å². The van der Waals surface area contributed by atoms with Crippen LogP contribution in [0, 0.1) is 0 Å². The predicted octanol–water partition coefficient (Wildman–Crippen LogP) is 2.84. The molecule has 6 heteroatoms. The molecule has 0 radical (unpaired) electrons. The van der Waals surface area contributed by atoms with Crippen molar-refractivity contribution in [2.45, 2.75) is 6.42 Å². The maximum Gasteiger partial charge on any atom is 0.163 e. The second-order valence-corrected chi connectivity index (χ2v) is 5.24. The average Bonchev–Trinajstić information content (AvgIpc) is 3.01. The number of thiazole rings is 1. The van der Waals surface area contributed by atoms with Crippen molar-refractivity contribution in [1.29, 1.82) is 0 Å². The van der Waals surface area contributed by atoms with Crippen molar-refractivity contribution in [3.63, 3.8) is 0 Å². The molecule has 3 aromatic rings. The summed E-state index contributed by atoms with van der Waals surface area (Å²) in [4.78, 5) is 13.0. The van der Waals surface area contributed by atoms with E-state index in [4.69, 9.17) is 5.73 Å². The molecule has 0 fully saturated rings. The van der Waals surface area contributed by atoms with Crippen LogP contribution in [0.15, 0.2) is 47.3 Å². The number of nitrogen functional groups attached to an aromatic ring is 1. The number of hydrogen-bond donors (Lipinski definition) is 2. The quantitative estimate of drug-likeness (QED) is 0.757. The normalized spacial score (nSPS) is 10.5. The number of nitrogens with zero attached hydrogens (tertiary/aromatic N) is 3. The van der Waals surface area contributed by atoms with Gasteiger partial charge in [-0.05, 0) is 0 Å². The molecule has 0 saturated carbocycles. The van der Waals surface area contributed by atoms with Crippen LogP contribution in [-0.2, 0) is 6.42 Å². The molecule has 106 valence electrons. The SMILES string of the molecule is Nc1cc(NCCc2cscn2)nc(-c2ccccc2)n1. The highest BCUT2D eigenvalue weighted by Gasteiger charge is 2.05. The summed E-state index contributed by atoms with van der Waals surface area (Å²) in [6, 6.07) is 11.5. The molecule has 0 aliphatic heterocycles. The van der Waals surface area contributed by atoms with Gasteiger partial charge in [0.15, 0.2) is 5.82 Å². The molecule has 0 unspecified atom stereocenters. The van der Waals surface area contributed by atoms with E-state index in [2.05, 4.69) is 20.3 Å². The maximum absolute atomic E-state index is 5.86. The minimum absolute atomic E-state index is 0.458. The third-order valence-corrected chi connectivity index (χ3v) is 3.58.